The molecule has 1 N–H and O–H groups in total. The zero-order valence-corrected chi connectivity index (χ0v) is 10.7. The third kappa shape index (κ3) is 3.09. The van der Waals surface area contributed by atoms with Gasteiger partial charge in [0.2, 0.25) is 0 Å². The number of hydrogen-bond acceptors (Lipinski definition) is 4. The lowest BCUT2D eigenvalue weighted by Gasteiger charge is -2.08. The minimum atomic E-state index is -4.52. The van der Waals surface area contributed by atoms with Gasteiger partial charge in [-0.3, -0.25) is 9.78 Å². The van der Waals surface area contributed by atoms with E-state index < -0.39 is 17.6 Å². The number of pyridine rings is 1. The van der Waals surface area contributed by atoms with Gasteiger partial charge in [0.15, 0.2) is 0 Å². The molecule has 0 spiro atoms. The van der Waals surface area contributed by atoms with Crippen LogP contribution in [0.15, 0.2) is 28.5 Å². The summed E-state index contributed by atoms with van der Waals surface area (Å²) < 4.78 is 37.7. The number of nitrogens with zero attached hydrogens (tertiary/aromatic N) is 3. The zero-order valence-electron chi connectivity index (χ0n) is 10.7. The van der Waals surface area contributed by atoms with Crippen molar-refractivity contribution < 1.29 is 19.4 Å². The van der Waals surface area contributed by atoms with Gasteiger partial charge in [0.25, 0.3) is 5.91 Å². The predicted octanol–water partition coefficient (Wildman–Crippen LogP) is 2.46. The van der Waals surface area contributed by atoms with Gasteiger partial charge in [0.1, 0.15) is 11.5 Å². The summed E-state index contributed by atoms with van der Waals surface area (Å²) in [6, 6.07) is 1.51. The lowest BCUT2D eigenvalue weighted by Crippen LogP contribution is -2.31. The molecule has 1 aromatic heterocycles. The Morgan fingerprint density at radius 3 is 2.76 bits per heavy atom. The molecule has 0 unspecified atom stereocenters. The molecular formula is C13H12F3N4O. The Morgan fingerprint density at radius 1 is 1.33 bits per heavy atom. The molecule has 1 amide bonds. The van der Waals surface area contributed by atoms with E-state index in [2.05, 4.69) is 20.5 Å². The molecule has 2 heterocycles. The van der Waals surface area contributed by atoms with Crippen LogP contribution in [0.1, 0.15) is 30.3 Å². The van der Waals surface area contributed by atoms with Crippen LogP contribution in [-0.4, -0.2) is 22.4 Å². The summed E-state index contributed by atoms with van der Waals surface area (Å²) in [7, 11) is 0. The summed E-state index contributed by atoms with van der Waals surface area (Å²) in [4.78, 5) is 15.5. The van der Waals surface area contributed by atoms with Crippen molar-refractivity contribution in [2.24, 2.45) is 16.1 Å². The highest BCUT2D eigenvalue weighted by atomic mass is 19.4. The Morgan fingerprint density at radius 2 is 2.10 bits per heavy atom. The maximum atomic E-state index is 12.6. The molecule has 21 heavy (non-hydrogen) atoms. The lowest BCUT2D eigenvalue weighted by atomic mass is 10.1. The molecule has 8 heteroatoms. The van der Waals surface area contributed by atoms with Gasteiger partial charge in [0, 0.05) is 7.62 Å². The number of alkyl halides is 3. The molecule has 1 aliphatic carbocycles. The molecular weight excluding hydrogens is 285 g/mol. The number of carbonyl (C=O) groups is 1. The zero-order chi connectivity index (χ0) is 15.0. The quantitative estimate of drug-likeness (QED) is 0.911. The second kappa shape index (κ2) is 4.94. The summed E-state index contributed by atoms with van der Waals surface area (Å²) in [5.41, 5.74) is -0.446. The van der Waals surface area contributed by atoms with E-state index in [0.717, 1.165) is 30.8 Å². The molecule has 0 saturated heterocycles. The Labute approximate surface area is 119 Å². The van der Waals surface area contributed by atoms with E-state index in [1.165, 1.54) is 0 Å². The first-order valence-electron chi connectivity index (χ1n) is 6.28. The first-order valence-corrected chi connectivity index (χ1v) is 6.28. The van der Waals surface area contributed by atoms with E-state index in [1.807, 2.05) is 0 Å². The Bertz CT molecular complexity index is 653. The Hall–Kier alpha value is -2.25. The van der Waals surface area contributed by atoms with Crippen LogP contribution in [0.2, 0.25) is 0 Å². The van der Waals surface area contributed by atoms with Crippen molar-refractivity contribution in [3.05, 3.63) is 36.0 Å². The minimum Gasteiger partial charge on any atom is -0.307 e. The molecule has 3 rings (SSSR count). The van der Waals surface area contributed by atoms with Gasteiger partial charge in [0.05, 0.1) is 17.7 Å². The number of halogens is 3. The number of carbonyl (C=O) groups excluding carboxylic acids is 1. The van der Waals surface area contributed by atoms with E-state index in [1.54, 1.807) is 6.42 Å². The second-order valence-electron chi connectivity index (χ2n) is 4.81. The van der Waals surface area contributed by atoms with Crippen molar-refractivity contribution in [1.82, 2.24) is 10.3 Å². The first-order chi connectivity index (χ1) is 9.93. The molecule has 1 aromatic rings. The third-order valence-electron chi connectivity index (χ3n) is 3.11. The summed E-state index contributed by atoms with van der Waals surface area (Å²) >= 11 is 0. The lowest BCUT2D eigenvalue weighted by molar-refractivity contribution is -0.137. The predicted molar refractivity (Wildman–Crippen MR) is 70.7 cm³/mol. The van der Waals surface area contributed by atoms with Gasteiger partial charge >= 0.3 is 6.18 Å². The summed E-state index contributed by atoms with van der Waals surface area (Å²) in [5, 5.41) is 10.1. The van der Waals surface area contributed by atoms with E-state index >= 15 is 0 Å². The molecule has 111 valence electrons. The van der Waals surface area contributed by atoms with E-state index in [0.29, 0.717) is 12.0 Å². The molecule has 2 aliphatic rings. The average Bonchev–Trinajstić information content (AvgIpc) is 3.19. The van der Waals surface area contributed by atoms with Gasteiger partial charge in [-0.2, -0.15) is 18.3 Å². The Kier molecular flexibility index (Phi) is 3.23. The molecule has 0 aromatic carbocycles. The molecule has 5 nitrogen and oxygen atoms in total. The van der Waals surface area contributed by atoms with Gasteiger partial charge in [-0.05, 0) is 30.9 Å². The van der Waals surface area contributed by atoms with Crippen molar-refractivity contribution in [2.75, 3.05) is 0 Å². The van der Waals surface area contributed by atoms with Crippen LogP contribution in [0.4, 0.5) is 13.2 Å². The molecule has 1 saturated carbocycles. The van der Waals surface area contributed by atoms with Gasteiger partial charge in [-0.25, -0.2) is 0 Å². The maximum Gasteiger partial charge on any atom is 0.416 e. The number of hydrogen-bond donors (Lipinski definition) is 1. The van der Waals surface area contributed by atoms with Crippen molar-refractivity contribution in [3.8, 4) is 0 Å². The van der Waals surface area contributed by atoms with Crippen LogP contribution < -0.4 is 5.32 Å². The molecule has 0 bridgehead atoms. The topological polar surface area (TPSA) is 66.7 Å². The molecule has 1 radical (unpaired) electrons. The van der Waals surface area contributed by atoms with E-state index in [-0.39, 0.29) is 13.0 Å². The van der Waals surface area contributed by atoms with Crippen LogP contribution in [0.3, 0.4) is 0 Å². The SMILES string of the molecule is O=C(NC1=NN=C(C2CC2)[CH]1)c1cc(C(F)(F)F)ccn1.[HH]. The smallest absolute Gasteiger partial charge is 0.307 e. The highest BCUT2D eigenvalue weighted by Crippen LogP contribution is 2.33. The molecule has 1 fully saturated rings. The third-order valence-corrected chi connectivity index (χ3v) is 3.11. The highest BCUT2D eigenvalue weighted by molar-refractivity contribution is 6.22. The van der Waals surface area contributed by atoms with Crippen LogP contribution in [0, 0.1) is 12.3 Å². The number of amides is 1. The highest BCUT2D eigenvalue weighted by Gasteiger charge is 2.33. The number of amidine groups is 1. The normalized spacial score (nSPS) is 18.2. The van der Waals surface area contributed by atoms with Crippen LogP contribution >= 0.6 is 0 Å². The first kappa shape index (κ1) is 13.7. The summed E-state index contributed by atoms with van der Waals surface area (Å²) in [5.74, 6) is -0.140. The van der Waals surface area contributed by atoms with Gasteiger partial charge in [-0.15, -0.1) is 5.10 Å². The monoisotopic (exact) mass is 297 g/mol. The van der Waals surface area contributed by atoms with E-state index in [9.17, 15) is 18.0 Å². The van der Waals surface area contributed by atoms with Crippen LogP contribution in [0.5, 0.6) is 0 Å². The van der Waals surface area contributed by atoms with Gasteiger partial charge < -0.3 is 5.32 Å². The molecule has 1 aliphatic heterocycles. The molecule has 0 atom stereocenters. The largest absolute Gasteiger partial charge is 0.416 e. The van der Waals surface area contributed by atoms with Crippen molar-refractivity contribution in [1.29, 1.82) is 0 Å². The number of rotatable bonds is 2. The standard InChI is InChI=1S/C13H10F3N4O.H2/c14-13(15,16)8-3-4-17-10(5-8)12(21)18-11-6-9(19-20-11)7-1-2-7;/h3-7H,1-2H2,(H,18,20,21);1H. The maximum absolute atomic E-state index is 12.6. The minimum absolute atomic E-state index is 0. The van der Waals surface area contributed by atoms with Gasteiger partial charge in [-0.1, -0.05) is 0 Å². The van der Waals surface area contributed by atoms with Crippen LogP contribution in [-0.2, 0) is 6.18 Å². The Balaban J connectivity index is 0.00000176. The summed E-state index contributed by atoms with van der Waals surface area (Å²) in [6.45, 7) is 0. The number of aromatic nitrogens is 1. The van der Waals surface area contributed by atoms with Crippen molar-refractivity contribution in [3.63, 3.8) is 0 Å². The second-order valence-corrected chi connectivity index (χ2v) is 4.81. The van der Waals surface area contributed by atoms with Crippen molar-refractivity contribution in [2.45, 2.75) is 19.0 Å². The van der Waals surface area contributed by atoms with Crippen molar-refractivity contribution >= 4 is 17.5 Å². The van der Waals surface area contributed by atoms with E-state index in [4.69, 9.17) is 0 Å². The fourth-order valence-corrected chi connectivity index (χ4v) is 1.86. The number of nitrogens with one attached hydrogen (secondary N) is 1. The summed E-state index contributed by atoms with van der Waals surface area (Å²) in [6.07, 6.45) is 0.146. The fourth-order valence-electron chi connectivity index (χ4n) is 1.86. The average molecular weight is 297 g/mol. The van der Waals surface area contributed by atoms with Crippen LogP contribution in [0.25, 0.3) is 0 Å². The fraction of sp³-hybridized carbons (Fsp3) is 0.308.